The SMILES string of the molecule is C#CC(C)(C)OP(=O)(CC(=C)C)OC(C)(C)C#C. The minimum absolute atomic E-state index is 0.0865. The molecule has 0 fully saturated rings. The summed E-state index contributed by atoms with van der Waals surface area (Å²) >= 11 is 0. The fraction of sp³-hybridized carbons (Fsp3) is 0.571. The van der Waals surface area contributed by atoms with Gasteiger partial charge in [-0.25, -0.2) is 0 Å². The summed E-state index contributed by atoms with van der Waals surface area (Å²) in [6, 6.07) is 0. The van der Waals surface area contributed by atoms with Crippen LogP contribution in [0.5, 0.6) is 0 Å². The van der Waals surface area contributed by atoms with Gasteiger partial charge >= 0.3 is 7.60 Å². The molecule has 0 aromatic heterocycles. The molecule has 3 nitrogen and oxygen atoms in total. The highest BCUT2D eigenvalue weighted by Crippen LogP contribution is 2.55. The Morgan fingerprint density at radius 1 is 1.17 bits per heavy atom. The molecule has 0 unspecified atom stereocenters. The monoisotopic (exact) mass is 268 g/mol. The lowest BCUT2D eigenvalue weighted by atomic mass is 10.2. The Kier molecular flexibility index (Phi) is 5.45. The van der Waals surface area contributed by atoms with E-state index in [1.807, 2.05) is 0 Å². The van der Waals surface area contributed by atoms with Crippen LogP contribution in [0.1, 0.15) is 34.6 Å². The average molecular weight is 268 g/mol. The molecule has 0 aromatic rings. The molecule has 0 spiro atoms. The van der Waals surface area contributed by atoms with Crippen LogP contribution in [0.2, 0.25) is 0 Å². The molecule has 18 heavy (non-hydrogen) atoms. The van der Waals surface area contributed by atoms with Crippen LogP contribution in [0.3, 0.4) is 0 Å². The molecule has 0 saturated carbocycles. The molecule has 0 bridgehead atoms. The normalized spacial score (nSPS) is 12.6. The second-order valence-corrected chi connectivity index (χ2v) is 7.12. The van der Waals surface area contributed by atoms with Crippen LogP contribution in [-0.4, -0.2) is 17.4 Å². The van der Waals surface area contributed by atoms with Crippen molar-refractivity contribution in [2.24, 2.45) is 0 Å². The first-order valence-corrected chi connectivity index (χ1v) is 7.28. The van der Waals surface area contributed by atoms with E-state index in [0.29, 0.717) is 5.57 Å². The first-order valence-electron chi connectivity index (χ1n) is 5.56. The molecule has 0 radical (unpaired) electrons. The molecule has 0 rings (SSSR count). The zero-order chi connectivity index (χ0) is 14.6. The summed E-state index contributed by atoms with van der Waals surface area (Å²) in [7, 11) is -3.44. The smallest absolute Gasteiger partial charge is 0.289 e. The maximum absolute atomic E-state index is 12.7. The van der Waals surface area contributed by atoms with Crippen molar-refractivity contribution in [3.05, 3.63) is 12.2 Å². The predicted octanol–water partition coefficient (Wildman–Crippen LogP) is 3.61. The maximum Gasteiger partial charge on any atom is 0.337 e. The third kappa shape index (κ3) is 6.08. The van der Waals surface area contributed by atoms with Gasteiger partial charge in [0.1, 0.15) is 11.2 Å². The van der Waals surface area contributed by atoms with Gasteiger partial charge in [0.2, 0.25) is 0 Å². The molecule has 0 atom stereocenters. The second kappa shape index (κ2) is 5.77. The molecule has 0 aliphatic heterocycles. The highest BCUT2D eigenvalue weighted by atomic mass is 31.2. The summed E-state index contributed by atoms with van der Waals surface area (Å²) in [6.45, 7) is 12.0. The highest BCUT2D eigenvalue weighted by molar-refractivity contribution is 7.54. The van der Waals surface area contributed by atoms with Crippen molar-refractivity contribution in [1.29, 1.82) is 0 Å². The van der Waals surface area contributed by atoms with E-state index < -0.39 is 18.8 Å². The first kappa shape index (κ1) is 17.0. The van der Waals surface area contributed by atoms with Gasteiger partial charge in [-0.1, -0.05) is 24.0 Å². The number of rotatable bonds is 6. The standard InChI is InChI=1S/C14H21O3P/c1-9-13(5,6)16-18(15,11-12(3)4)17-14(7,8)10-2/h1-2H,3,11H2,4-8H3. The van der Waals surface area contributed by atoms with Crippen molar-refractivity contribution in [2.45, 2.75) is 45.8 Å². The second-order valence-electron chi connectivity index (χ2n) is 5.22. The molecular formula is C14H21O3P. The molecule has 0 aromatic carbocycles. The lowest BCUT2D eigenvalue weighted by molar-refractivity contribution is 0.0849. The van der Waals surface area contributed by atoms with Crippen LogP contribution in [-0.2, 0) is 13.6 Å². The van der Waals surface area contributed by atoms with Gasteiger partial charge in [0.05, 0.1) is 6.16 Å². The molecule has 100 valence electrons. The Morgan fingerprint density at radius 3 is 1.72 bits per heavy atom. The summed E-state index contributed by atoms with van der Waals surface area (Å²) in [4.78, 5) is 0. The zero-order valence-electron chi connectivity index (χ0n) is 11.7. The summed E-state index contributed by atoms with van der Waals surface area (Å²) in [6.07, 6.45) is 10.7. The Bertz CT molecular complexity index is 415. The summed E-state index contributed by atoms with van der Waals surface area (Å²) in [5, 5.41) is 0. The van der Waals surface area contributed by atoms with Crippen molar-refractivity contribution in [2.75, 3.05) is 6.16 Å². The van der Waals surface area contributed by atoms with Gasteiger partial charge in [-0.05, 0) is 34.6 Å². The van der Waals surface area contributed by atoms with E-state index in [0.717, 1.165) is 0 Å². The lowest BCUT2D eigenvalue weighted by Gasteiger charge is -2.31. The largest absolute Gasteiger partial charge is 0.337 e. The summed E-state index contributed by atoms with van der Waals surface area (Å²) in [5.41, 5.74) is -1.30. The van der Waals surface area contributed by atoms with Crippen molar-refractivity contribution in [1.82, 2.24) is 0 Å². The Morgan fingerprint density at radius 2 is 1.50 bits per heavy atom. The third-order valence-corrected chi connectivity index (χ3v) is 4.29. The van der Waals surface area contributed by atoms with Gasteiger partial charge in [-0.3, -0.25) is 13.6 Å². The number of hydrogen-bond donors (Lipinski definition) is 0. The van der Waals surface area contributed by atoms with Gasteiger partial charge in [0.15, 0.2) is 0 Å². The number of terminal acetylenes is 2. The fourth-order valence-electron chi connectivity index (χ4n) is 1.16. The Balaban J connectivity index is 5.23. The first-order chi connectivity index (χ1) is 7.95. The van der Waals surface area contributed by atoms with Crippen molar-refractivity contribution in [3.63, 3.8) is 0 Å². The van der Waals surface area contributed by atoms with Crippen molar-refractivity contribution in [3.8, 4) is 24.7 Å². The van der Waals surface area contributed by atoms with Crippen LogP contribution in [0, 0.1) is 24.7 Å². The van der Waals surface area contributed by atoms with Crippen LogP contribution < -0.4 is 0 Å². The minimum Gasteiger partial charge on any atom is -0.289 e. The van der Waals surface area contributed by atoms with E-state index in [9.17, 15) is 4.57 Å². The van der Waals surface area contributed by atoms with Crippen molar-refractivity contribution >= 4 is 7.60 Å². The number of hydrogen-bond acceptors (Lipinski definition) is 3. The topological polar surface area (TPSA) is 35.5 Å². The summed E-state index contributed by atoms with van der Waals surface area (Å²) < 4.78 is 23.6. The van der Waals surface area contributed by atoms with E-state index in [1.165, 1.54) is 0 Å². The third-order valence-electron chi connectivity index (χ3n) is 1.89. The summed E-state index contributed by atoms with van der Waals surface area (Å²) in [5.74, 6) is 4.84. The van der Waals surface area contributed by atoms with Crippen LogP contribution in [0.25, 0.3) is 0 Å². The van der Waals surface area contributed by atoms with E-state index in [2.05, 4.69) is 18.4 Å². The molecular weight excluding hydrogens is 247 g/mol. The Labute approximate surface area is 110 Å². The van der Waals surface area contributed by atoms with E-state index in [1.54, 1.807) is 34.6 Å². The lowest BCUT2D eigenvalue weighted by Crippen LogP contribution is -2.27. The minimum atomic E-state index is -3.44. The predicted molar refractivity (Wildman–Crippen MR) is 75.3 cm³/mol. The van der Waals surface area contributed by atoms with Crippen LogP contribution in [0.15, 0.2) is 12.2 Å². The van der Waals surface area contributed by atoms with E-state index >= 15 is 0 Å². The molecule has 0 aliphatic rings. The fourth-order valence-corrected chi connectivity index (χ4v) is 3.49. The molecule has 0 saturated heterocycles. The van der Waals surface area contributed by atoms with Gasteiger partial charge in [-0.2, -0.15) is 0 Å². The van der Waals surface area contributed by atoms with E-state index in [4.69, 9.17) is 21.9 Å². The molecule has 0 heterocycles. The average Bonchev–Trinajstić information content (AvgIpc) is 2.14. The zero-order valence-corrected chi connectivity index (χ0v) is 12.6. The molecule has 0 N–H and O–H groups in total. The van der Waals surface area contributed by atoms with Crippen molar-refractivity contribution < 1.29 is 13.6 Å². The Hall–Kier alpha value is -0.990. The molecule has 0 amide bonds. The van der Waals surface area contributed by atoms with Gasteiger partial charge in [0, 0.05) is 0 Å². The van der Waals surface area contributed by atoms with Crippen LogP contribution >= 0.6 is 7.60 Å². The number of allylic oxidation sites excluding steroid dienone is 1. The van der Waals surface area contributed by atoms with Gasteiger partial charge in [-0.15, -0.1) is 12.8 Å². The van der Waals surface area contributed by atoms with Crippen LogP contribution in [0.4, 0.5) is 0 Å². The highest BCUT2D eigenvalue weighted by Gasteiger charge is 2.37. The molecule has 4 heteroatoms. The van der Waals surface area contributed by atoms with Gasteiger partial charge in [0.25, 0.3) is 0 Å². The maximum atomic E-state index is 12.7. The molecule has 0 aliphatic carbocycles. The quantitative estimate of drug-likeness (QED) is 0.419. The van der Waals surface area contributed by atoms with Gasteiger partial charge < -0.3 is 0 Å². The van der Waals surface area contributed by atoms with E-state index in [-0.39, 0.29) is 6.16 Å².